The molecule has 0 unspecified atom stereocenters. The Morgan fingerprint density at radius 2 is 1.67 bits per heavy atom. The minimum Gasteiger partial charge on any atom is -0.480 e. The van der Waals surface area contributed by atoms with Crippen molar-refractivity contribution in [3.63, 3.8) is 0 Å². The first-order valence-corrected chi connectivity index (χ1v) is 5.60. The minimum absolute atomic E-state index is 0.194. The number of hydrogen-bond donors (Lipinski definition) is 3. The van der Waals surface area contributed by atoms with Gasteiger partial charge in [0, 0.05) is 6.54 Å². The molecule has 0 saturated carbocycles. The van der Waals surface area contributed by atoms with Crippen molar-refractivity contribution in [2.45, 2.75) is 45.7 Å². The number of rotatable bonds is 5. The van der Waals surface area contributed by atoms with Crippen LogP contribution in [0.5, 0.6) is 0 Å². The maximum Gasteiger partial charge on any atom is 0.329 e. The van der Waals surface area contributed by atoms with E-state index < -0.39 is 29.0 Å². The Morgan fingerprint density at radius 3 is 1.94 bits per heavy atom. The molecule has 0 fully saturated rings. The number of urea groups is 1. The van der Waals surface area contributed by atoms with Gasteiger partial charge in [0.2, 0.25) is 5.91 Å². The van der Waals surface area contributed by atoms with Gasteiger partial charge in [0.15, 0.2) is 0 Å². The summed E-state index contributed by atoms with van der Waals surface area (Å²) in [6, 6.07) is -0.645. The molecule has 0 aliphatic rings. The zero-order valence-electron chi connectivity index (χ0n) is 11.4. The van der Waals surface area contributed by atoms with Crippen LogP contribution < -0.4 is 11.1 Å². The third-order valence-electron chi connectivity index (χ3n) is 2.79. The molecular formula is C11H21N3O4. The van der Waals surface area contributed by atoms with Gasteiger partial charge in [-0.2, -0.15) is 0 Å². The number of hydrogen-bond acceptors (Lipinski definition) is 3. The normalized spacial score (nSPS) is 11.8. The van der Waals surface area contributed by atoms with Crippen LogP contribution in [0.15, 0.2) is 0 Å². The van der Waals surface area contributed by atoms with Crippen molar-refractivity contribution < 1.29 is 19.5 Å². The van der Waals surface area contributed by atoms with Gasteiger partial charge in [0.25, 0.3) is 0 Å². The number of nitrogens with one attached hydrogen (secondary N) is 1. The summed E-state index contributed by atoms with van der Waals surface area (Å²) in [7, 11) is 0. The first-order chi connectivity index (χ1) is 7.96. The fourth-order valence-corrected chi connectivity index (χ4v) is 1.30. The molecule has 0 aliphatic carbocycles. The minimum atomic E-state index is -1.37. The van der Waals surface area contributed by atoms with Crippen molar-refractivity contribution in [3.05, 3.63) is 0 Å². The monoisotopic (exact) mass is 259 g/mol. The van der Waals surface area contributed by atoms with Gasteiger partial charge in [-0.25, -0.2) is 9.59 Å². The van der Waals surface area contributed by atoms with Gasteiger partial charge in [0.1, 0.15) is 11.1 Å². The van der Waals surface area contributed by atoms with Crippen LogP contribution in [-0.4, -0.2) is 45.5 Å². The molecular weight excluding hydrogens is 238 g/mol. The molecule has 0 spiro atoms. The van der Waals surface area contributed by atoms with E-state index in [0.717, 1.165) is 4.90 Å². The third kappa shape index (κ3) is 3.35. The van der Waals surface area contributed by atoms with E-state index in [-0.39, 0.29) is 6.54 Å². The number of carbonyl (C=O) groups excluding carboxylic acids is 2. The molecule has 4 N–H and O–H groups in total. The lowest BCUT2D eigenvalue weighted by atomic mass is 10.0. The maximum absolute atomic E-state index is 12.0. The Balaban J connectivity index is 5.07. The first kappa shape index (κ1) is 16.2. The number of carboxylic acid groups (broad SMARTS) is 1. The van der Waals surface area contributed by atoms with Crippen LogP contribution in [-0.2, 0) is 9.59 Å². The van der Waals surface area contributed by atoms with Crippen LogP contribution in [0.4, 0.5) is 4.79 Å². The van der Waals surface area contributed by atoms with Crippen LogP contribution in [0.25, 0.3) is 0 Å². The predicted octanol–water partition coefficient (Wildman–Crippen LogP) is 0.145. The summed E-state index contributed by atoms with van der Waals surface area (Å²) in [6.45, 7) is 7.58. The second-order valence-electron chi connectivity index (χ2n) is 5.03. The van der Waals surface area contributed by atoms with Crippen LogP contribution in [0.1, 0.15) is 34.6 Å². The standard InChI is InChI=1S/C11H21N3O4/c1-6-14(11(4,5)8(16)17)9(18)13-10(2,3)7(12)15/h6H2,1-5H3,(H2,12,15)(H,13,18)(H,16,17). The van der Waals surface area contributed by atoms with E-state index in [9.17, 15) is 14.4 Å². The van der Waals surface area contributed by atoms with Crippen molar-refractivity contribution in [2.75, 3.05) is 6.54 Å². The summed E-state index contributed by atoms with van der Waals surface area (Å²) in [5, 5.41) is 11.5. The highest BCUT2D eigenvalue weighted by Crippen LogP contribution is 2.15. The highest BCUT2D eigenvalue weighted by Gasteiger charge is 2.39. The Morgan fingerprint density at radius 1 is 1.22 bits per heavy atom. The largest absolute Gasteiger partial charge is 0.480 e. The third-order valence-corrected chi connectivity index (χ3v) is 2.79. The molecule has 3 amide bonds. The molecule has 0 heterocycles. The summed E-state index contributed by atoms with van der Waals surface area (Å²) in [5.74, 6) is -1.82. The van der Waals surface area contributed by atoms with Gasteiger partial charge in [0.05, 0.1) is 0 Å². The van der Waals surface area contributed by atoms with Crippen molar-refractivity contribution in [3.8, 4) is 0 Å². The molecule has 0 aromatic rings. The van der Waals surface area contributed by atoms with Crippen LogP contribution in [0.3, 0.4) is 0 Å². The van der Waals surface area contributed by atoms with E-state index in [1.54, 1.807) is 6.92 Å². The second-order valence-corrected chi connectivity index (χ2v) is 5.03. The Hall–Kier alpha value is -1.79. The number of aliphatic carboxylic acids is 1. The molecule has 0 radical (unpaired) electrons. The van der Waals surface area contributed by atoms with Crippen LogP contribution >= 0.6 is 0 Å². The molecule has 18 heavy (non-hydrogen) atoms. The molecule has 0 aromatic heterocycles. The van der Waals surface area contributed by atoms with Gasteiger partial charge >= 0.3 is 12.0 Å². The summed E-state index contributed by atoms with van der Waals surface area (Å²) in [6.07, 6.45) is 0. The van der Waals surface area contributed by atoms with Gasteiger partial charge < -0.3 is 21.1 Å². The van der Waals surface area contributed by atoms with E-state index in [1.165, 1.54) is 27.7 Å². The number of primary amides is 1. The molecule has 7 nitrogen and oxygen atoms in total. The zero-order valence-corrected chi connectivity index (χ0v) is 11.4. The lowest BCUT2D eigenvalue weighted by Crippen LogP contribution is -2.62. The average molecular weight is 259 g/mol. The van der Waals surface area contributed by atoms with Gasteiger partial charge in [-0.05, 0) is 34.6 Å². The molecule has 0 aromatic carbocycles. The Labute approximate surface area is 106 Å². The number of carbonyl (C=O) groups is 3. The number of nitrogens with two attached hydrogens (primary N) is 1. The highest BCUT2D eigenvalue weighted by molar-refractivity contribution is 5.91. The fourth-order valence-electron chi connectivity index (χ4n) is 1.30. The molecule has 0 bridgehead atoms. The van der Waals surface area contributed by atoms with Crippen molar-refractivity contribution in [2.24, 2.45) is 5.73 Å². The molecule has 104 valence electrons. The lowest BCUT2D eigenvalue weighted by Gasteiger charge is -2.36. The van der Waals surface area contributed by atoms with Crippen molar-refractivity contribution >= 4 is 17.9 Å². The SMILES string of the molecule is CCN(C(=O)NC(C)(C)C(N)=O)C(C)(C)C(=O)O. The average Bonchev–Trinajstić information content (AvgIpc) is 2.16. The summed E-state index contributed by atoms with van der Waals surface area (Å²) >= 11 is 0. The predicted molar refractivity (Wildman–Crippen MR) is 65.9 cm³/mol. The summed E-state index contributed by atoms with van der Waals surface area (Å²) in [4.78, 5) is 35.3. The molecule has 0 rings (SSSR count). The Bertz CT molecular complexity index is 363. The van der Waals surface area contributed by atoms with E-state index in [2.05, 4.69) is 5.32 Å². The molecule has 0 saturated heterocycles. The van der Waals surface area contributed by atoms with E-state index in [0.29, 0.717) is 0 Å². The highest BCUT2D eigenvalue weighted by atomic mass is 16.4. The van der Waals surface area contributed by atoms with Gasteiger partial charge in [-0.3, -0.25) is 4.79 Å². The summed E-state index contributed by atoms with van der Waals surface area (Å²) in [5.41, 5.74) is 2.53. The number of likely N-dealkylation sites (N-methyl/N-ethyl adjacent to an activating group) is 1. The van der Waals surface area contributed by atoms with Gasteiger partial charge in [-0.15, -0.1) is 0 Å². The number of amides is 3. The molecule has 0 aliphatic heterocycles. The second kappa shape index (κ2) is 5.24. The number of nitrogens with zero attached hydrogens (tertiary/aromatic N) is 1. The van der Waals surface area contributed by atoms with E-state index >= 15 is 0 Å². The van der Waals surface area contributed by atoms with Crippen molar-refractivity contribution in [1.82, 2.24) is 10.2 Å². The number of carboxylic acids is 1. The fraction of sp³-hybridized carbons (Fsp3) is 0.727. The zero-order chi connectivity index (χ0) is 14.7. The smallest absolute Gasteiger partial charge is 0.329 e. The Kier molecular flexibility index (Phi) is 4.72. The summed E-state index contributed by atoms with van der Waals surface area (Å²) < 4.78 is 0. The van der Waals surface area contributed by atoms with E-state index in [1.807, 2.05) is 0 Å². The van der Waals surface area contributed by atoms with Crippen LogP contribution in [0.2, 0.25) is 0 Å². The van der Waals surface area contributed by atoms with Gasteiger partial charge in [-0.1, -0.05) is 0 Å². The quantitative estimate of drug-likeness (QED) is 0.652. The van der Waals surface area contributed by atoms with Crippen molar-refractivity contribution in [1.29, 1.82) is 0 Å². The lowest BCUT2D eigenvalue weighted by molar-refractivity contribution is -0.147. The van der Waals surface area contributed by atoms with E-state index in [4.69, 9.17) is 10.8 Å². The van der Waals surface area contributed by atoms with Crippen LogP contribution in [0, 0.1) is 0 Å². The molecule has 0 atom stereocenters. The molecule has 7 heteroatoms. The first-order valence-electron chi connectivity index (χ1n) is 5.60. The topological polar surface area (TPSA) is 113 Å². The maximum atomic E-state index is 12.0.